The van der Waals surface area contributed by atoms with Crippen LogP contribution in [0.3, 0.4) is 0 Å². The highest BCUT2D eigenvalue weighted by atomic mass is 32.1. The molecule has 0 radical (unpaired) electrons. The van der Waals surface area contributed by atoms with Gasteiger partial charge < -0.3 is 15.5 Å². The normalized spacial score (nSPS) is 10.9. The fourth-order valence-electron chi connectivity index (χ4n) is 2.47. The second kappa shape index (κ2) is 7.08. The first-order valence-corrected chi connectivity index (χ1v) is 8.73. The van der Waals surface area contributed by atoms with E-state index in [1.165, 1.54) is 11.3 Å². The first-order valence-electron chi connectivity index (χ1n) is 7.92. The number of ether oxygens (including phenoxy) is 1. The molecule has 0 aliphatic heterocycles. The molecule has 0 atom stereocenters. The molecule has 3 rings (SSSR count). The molecule has 0 spiro atoms. The molecular formula is C18H21N5OS. The van der Waals surface area contributed by atoms with E-state index in [-0.39, 0.29) is 6.04 Å². The molecule has 7 heteroatoms. The van der Waals surface area contributed by atoms with Crippen LogP contribution in [0.2, 0.25) is 0 Å². The molecular weight excluding hydrogens is 334 g/mol. The molecule has 25 heavy (non-hydrogen) atoms. The summed E-state index contributed by atoms with van der Waals surface area (Å²) in [4.78, 5) is 0. The lowest BCUT2D eigenvalue weighted by Gasteiger charge is -2.24. The number of methoxy groups -OCH3 is 1. The van der Waals surface area contributed by atoms with Gasteiger partial charge in [-0.15, -0.1) is 10.2 Å². The van der Waals surface area contributed by atoms with Crippen LogP contribution in [0, 0.1) is 0 Å². The second-order valence-corrected chi connectivity index (χ2v) is 6.86. The van der Waals surface area contributed by atoms with Gasteiger partial charge in [-0.05, 0) is 44.2 Å². The van der Waals surface area contributed by atoms with Crippen molar-refractivity contribution in [2.24, 2.45) is 5.84 Å². The number of benzene rings is 2. The van der Waals surface area contributed by atoms with Crippen LogP contribution in [0.5, 0.6) is 5.75 Å². The molecule has 6 nitrogen and oxygen atoms in total. The lowest BCUT2D eigenvalue weighted by atomic mass is 10.1. The molecule has 0 bridgehead atoms. The third kappa shape index (κ3) is 3.42. The zero-order valence-corrected chi connectivity index (χ0v) is 15.2. The van der Waals surface area contributed by atoms with Gasteiger partial charge in [0.15, 0.2) is 5.01 Å². The van der Waals surface area contributed by atoms with Gasteiger partial charge in [-0.3, -0.25) is 0 Å². The molecule has 0 saturated carbocycles. The number of hydrazine groups is 1. The van der Waals surface area contributed by atoms with Gasteiger partial charge in [0, 0.05) is 11.6 Å². The topological polar surface area (TPSA) is 90.3 Å². The number of hydrogen-bond acceptors (Lipinski definition) is 7. The molecule has 0 aliphatic rings. The molecule has 2 aromatic carbocycles. The second-order valence-electron chi connectivity index (χ2n) is 5.89. The van der Waals surface area contributed by atoms with Crippen molar-refractivity contribution < 1.29 is 4.74 Å². The van der Waals surface area contributed by atoms with Gasteiger partial charge in [0.25, 0.3) is 0 Å². The smallest absolute Gasteiger partial charge is 0.151 e. The minimum atomic E-state index is 0.159. The van der Waals surface area contributed by atoms with Crippen molar-refractivity contribution in [3.05, 3.63) is 42.5 Å². The van der Waals surface area contributed by atoms with Crippen molar-refractivity contribution >= 4 is 22.7 Å². The first-order chi connectivity index (χ1) is 12.0. The average Bonchev–Trinajstić information content (AvgIpc) is 3.10. The maximum absolute atomic E-state index is 6.18. The van der Waals surface area contributed by atoms with E-state index in [1.807, 2.05) is 56.3 Å². The van der Waals surface area contributed by atoms with Crippen molar-refractivity contribution in [2.75, 3.05) is 17.9 Å². The standard InChI is InChI=1S/C18H21N5OS/c1-11(2)23(20)15-9-8-12(10-14(15)19)17-21-22-18(25-17)13-6-4-5-7-16(13)24-3/h4-11H,19-20H2,1-3H3. The molecule has 0 fully saturated rings. The first kappa shape index (κ1) is 17.2. The number of nitrogens with two attached hydrogens (primary N) is 2. The molecule has 3 aromatic rings. The van der Waals surface area contributed by atoms with Gasteiger partial charge in [-0.25, -0.2) is 5.84 Å². The van der Waals surface area contributed by atoms with E-state index in [0.29, 0.717) is 5.69 Å². The monoisotopic (exact) mass is 355 g/mol. The van der Waals surface area contributed by atoms with Crippen LogP contribution in [0.15, 0.2) is 42.5 Å². The van der Waals surface area contributed by atoms with Gasteiger partial charge in [0.2, 0.25) is 0 Å². The molecule has 130 valence electrons. The van der Waals surface area contributed by atoms with E-state index < -0.39 is 0 Å². The largest absolute Gasteiger partial charge is 0.496 e. The quantitative estimate of drug-likeness (QED) is 0.413. The van der Waals surface area contributed by atoms with Crippen molar-refractivity contribution in [2.45, 2.75) is 19.9 Å². The highest BCUT2D eigenvalue weighted by molar-refractivity contribution is 7.18. The summed E-state index contributed by atoms with van der Waals surface area (Å²) in [5.74, 6) is 6.83. The van der Waals surface area contributed by atoms with Gasteiger partial charge in [-0.1, -0.05) is 23.5 Å². The number of nitrogens with zero attached hydrogens (tertiary/aromatic N) is 3. The Morgan fingerprint density at radius 3 is 2.48 bits per heavy atom. The van der Waals surface area contributed by atoms with E-state index >= 15 is 0 Å². The van der Waals surface area contributed by atoms with Crippen LogP contribution in [0.25, 0.3) is 21.1 Å². The molecule has 0 saturated heterocycles. The van der Waals surface area contributed by atoms with Gasteiger partial charge in [-0.2, -0.15) is 0 Å². The van der Waals surface area contributed by atoms with E-state index in [2.05, 4.69) is 10.2 Å². The predicted octanol–water partition coefficient (Wildman–Crippen LogP) is 3.55. The minimum Gasteiger partial charge on any atom is -0.496 e. The number of anilines is 2. The SMILES string of the molecule is COc1ccccc1-c1nnc(-c2ccc(N(N)C(C)C)c(N)c2)s1. The summed E-state index contributed by atoms with van der Waals surface area (Å²) < 4.78 is 5.40. The van der Waals surface area contributed by atoms with E-state index in [4.69, 9.17) is 16.3 Å². The van der Waals surface area contributed by atoms with Gasteiger partial charge >= 0.3 is 0 Å². The molecule has 0 aliphatic carbocycles. The fraction of sp³-hybridized carbons (Fsp3) is 0.222. The van der Waals surface area contributed by atoms with Crippen LogP contribution >= 0.6 is 11.3 Å². The highest BCUT2D eigenvalue weighted by Gasteiger charge is 2.15. The summed E-state index contributed by atoms with van der Waals surface area (Å²) in [5, 5.41) is 11.9. The van der Waals surface area contributed by atoms with Crippen LogP contribution in [0.1, 0.15) is 13.8 Å². The maximum Gasteiger partial charge on any atom is 0.151 e. The number of nitrogen functional groups attached to an aromatic ring is 1. The molecule has 0 amide bonds. The molecule has 0 unspecified atom stereocenters. The van der Waals surface area contributed by atoms with E-state index in [9.17, 15) is 0 Å². The average molecular weight is 355 g/mol. The number of para-hydroxylation sites is 1. The van der Waals surface area contributed by atoms with Crippen molar-refractivity contribution in [1.82, 2.24) is 10.2 Å². The summed E-state index contributed by atoms with van der Waals surface area (Å²) in [6.45, 7) is 4.02. The zero-order chi connectivity index (χ0) is 18.0. The Balaban J connectivity index is 1.94. The van der Waals surface area contributed by atoms with Gasteiger partial charge in [0.05, 0.1) is 24.0 Å². The summed E-state index contributed by atoms with van der Waals surface area (Å²) in [6.07, 6.45) is 0. The van der Waals surface area contributed by atoms with Crippen LogP contribution in [0.4, 0.5) is 11.4 Å². The number of aromatic nitrogens is 2. The lowest BCUT2D eigenvalue weighted by Crippen LogP contribution is -2.37. The van der Waals surface area contributed by atoms with Crippen LogP contribution in [-0.2, 0) is 0 Å². The van der Waals surface area contributed by atoms with Crippen LogP contribution < -0.4 is 21.3 Å². The third-order valence-electron chi connectivity index (χ3n) is 3.87. The van der Waals surface area contributed by atoms with Crippen molar-refractivity contribution in [3.8, 4) is 26.9 Å². The molecule has 4 N–H and O–H groups in total. The zero-order valence-electron chi connectivity index (χ0n) is 14.4. The number of rotatable bonds is 5. The summed E-state index contributed by atoms with van der Waals surface area (Å²) >= 11 is 1.50. The van der Waals surface area contributed by atoms with Crippen LogP contribution in [-0.4, -0.2) is 23.3 Å². The Hall–Kier alpha value is -2.64. The summed E-state index contributed by atoms with van der Waals surface area (Å²) in [5.41, 5.74) is 9.43. The Morgan fingerprint density at radius 2 is 1.80 bits per heavy atom. The van der Waals surface area contributed by atoms with E-state index in [0.717, 1.165) is 32.6 Å². The maximum atomic E-state index is 6.18. The molecule has 1 heterocycles. The summed E-state index contributed by atoms with van der Waals surface area (Å²) in [7, 11) is 1.65. The Kier molecular flexibility index (Phi) is 4.87. The Bertz CT molecular complexity index is 877. The molecule has 1 aromatic heterocycles. The predicted molar refractivity (Wildman–Crippen MR) is 104 cm³/mol. The minimum absolute atomic E-state index is 0.159. The fourth-order valence-corrected chi connectivity index (χ4v) is 3.34. The third-order valence-corrected chi connectivity index (χ3v) is 4.88. The lowest BCUT2D eigenvalue weighted by molar-refractivity contribution is 0.416. The number of hydrogen-bond donors (Lipinski definition) is 2. The van der Waals surface area contributed by atoms with Crippen molar-refractivity contribution in [3.63, 3.8) is 0 Å². The Labute approximate surface area is 151 Å². The highest BCUT2D eigenvalue weighted by Crippen LogP contribution is 2.36. The summed E-state index contributed by atoms with van der Waals surface area (Å²) in [6, 6.07) is 13.7. The van der Waals surface area contributed by atoms with Crippen molar-refractivity contribution in [1.29, 1.82) is 0 Å². The van der Waals surface area contributed by atoms with E-state index in [1.54, 1.807) is 12.1 Å². The van der Waals surface area contributed by atoms with Gasteiger partial charge in [0.1, 0.15) is 10.8 Å². The Morgan fingerprint density at radius 1 is 1.08 bits per heavy atom.